The van der Waals surface area contributed by atoms with Gasteiger partial charge in [0, 0.05) is 24.6 Å². The van der Waals surface area contributed by atoms with E-state index in [-0.39, 0.29) is 23.7 Å². The van der Waals surface area contributed by atoms with Crippen molar-refractivity contribution >= 4 is 5.91 Å². The number of rotatable bonds is 6. The van der Waals surface area contributed by atoms with Crippen molar-refractivity contribution in [3.8, 4) is 0 Å². The smallest absolute Gasteiger partial charge is 0.220 e. The number of hydrogen-bond donors (Lipinski definition) is 3. The third-order valence-corrected chi connectivity index (χ3v) is 5.21. The molecule has 5 nitrogen and oxygen atoms in total. The minimum Gasteiger partial charge on any atom is -0.389 e. The maximum atomic E-state index is 13.3. The van der Waals surface area contributed by atoms with E-state index in [1.807, 2.05) is 26.8 Å². The molecule has 1 aliphatic carbocycles. The highest BCUT2D eigenvalue weighted by atomic mass is 19.1. The first kappa shape index (κ1) is 18.6. The van der Waals surface area contributed by atoms with Gasteiger partial charge in [0.1, 0.15) is 5.82 Å². The molecule has 1 aromatic carbocycles. The molecule has 2 aromatic rings. The topological polar surface area (TPSA) is 78.0 Å². The molecular formula is C20H26FN3O2. The Hall–Kier alpha value is -2.21. The average Bonchev–Trinajstić information content (AvgIpc) is 2.84. The van der Waals surface area contributed by atoms with Crippen LogP contribution in [0.1, 0.15) is 54.6 Å². The first-order chi connectivity index (χ1) is 12.3. The fourth-order valence-corrected chi connectivity index (χ4v) is 4.08. The average molecular weight is 359 g/mol. The zero-order chi connectivity index (χ0) is 18.9. The Bertz CT molecular complexity index is 777. The number of halogens is 1. The number of aliphatic hydroxyl groups is 1. The van der Waals surface area contributed by atoms with E-state index in [0.29, 0.717) is 25.7 Å². The second-order valence-electron chi connectivity index (χ2n) is 7.66. The monoisotopic (exact) mass is 359 g/mol. The van der Waals surface area contributed by atoms with E-state index in [0.717, 1.165) is 22.5 Å². The molecule has 0 bridgehead atoms. The summed E-state index contributed by atoms with van der Waals surface area (Å²) in [5.74, 6) is -0.232. The van der Waals surface area contributed by atoms with Crippen molar-refractivity contribution < 1.29 is 14.3 Å². The van der Waals surface area contributed by atoms with Crippen LogP contribution in [0.3, 0.4) is 0 Å². The van der Waals surface area contributed by atoms with Gasteiger partial charge >= 0.3 is 0 Å². The summed E-state index contributed by atoms with van der Waals surface area (Å²) >= 11 is 0. The van der Waals surface area contributed by atoms with Crippen LogP contribution in [0.2, 0.25) is 0 Å². The molecule has 1 unspecified atom stereocenters. The van der Waals surface area contributed by atoms with Gasteiger partial charge in [0.25, 0.3) is 0 Å². The molecule has 0 aliphatic heterocycles. The molecule has 140 valence electrons. The summed E-state index contributed by atoms with van der Waals surface area (Å²) in [6.07, 6.45) is 1.78. The zero-order valence-electron chi connectivity index (χ0n) is 15.5. The van der Waals surface area contributed by atoms with Gasteiger partial charge in [-0.15, -0.1) is 0 Å². The lowest BCUT2D eigenvalue weighted by Crippen LogP contribution is -2.56. The van der Waals surface area contributed by atoms with Crippen LogP contribution in [-0.4, -0.2) is 32.9 Å². The number of nitrogens with zero attached hydrogens (tertiary/aromatic N) is 1. The van der Waals surface area contributed by atoms with Gasteiger partial charge in [-0.1, -0.05) is 19.1 Å². The summed E-state index contributed by atoms with van der Waals surface area (Å²) in [7, 11) is 0. The molecule has 1 amide bonds. The quantitative estimate of drug-likeness (QED) is 0.742. The highest BCUT2D eigenvalue weighted by Gasteiger charge is 2.43. The summed E-state index contributed by atoms with van der Waals surface area (Å²) in [5.41, 5.74) is 2.93. The number of aromatic amines is 1. The molecular weight excluding hydrogens is 333 g/mol. The van der Waals surface area contributed by atoms with Crippen LogP contribution in [0, 0.1) is 19.7 Å². The van der Waals surface area contributed by atoms with E-state index in [2.05, 4.69) is 15.5 Å². The first-order valence-electron chi connectivity index (χ1n) is 9.03. The standard InChI is InChI=1S/C20H26FN3O2/c1-12(19-13(2)23-24-14(19)3)7-18(25)22-17-10-20(26,11-17)9-15-5-4-6-16(21)8-15/h4-6,8,12,17,26H,7,9-11H2,1-3H3,(H,22,25)(H,23,24). The number of benzene rings is 1. The third kappa shape index (κ3) is 4.12. The van der Waals surface area contributed by atoms with Gasteiger partial charge in [-0.05, 0) is 55.9 Å². The van der Waals surface area contributed by atoms with Crippen molar-refractivity contribution in [3.63, 3.8) is 0 Å². The van der Waals surface area contributed by atoms with E-state index in [4.69, 9.17) is 0 Å². The number of H-pyrrole nitrogens is 1. The molecule has 0 saturated heterocycles. The first-order valence-corrected chi connectivity index (χ1v) is 9.03. The molecule has 3 rings (SSSR count). The Morgan fingerprint density at radius 3 is 2.81 bits per heavy atom. The van der Waals surface area contributed by atoms with E-state index < -0.39 is 5.60 Å². The Labute approximate surface area is 153 Å². The zero-order valence-corrected chi connectivity index (χ0v) is 15.5. The van der Waals surface area contributed by atoms with Gasteiger partial charge in [0.15, 0.2) is 0 Å². The Morgan fingerprint density at radius 2 is 2.19 bits per heavy atom. The Morgan fingerprint density at radius 1 is 1.46 bits per heavy atom. The lowest BCUT2D eigenvalue weighted by Gasteiger charge is -2.44. The van der Waals surface area contributed by atoms with Crippen molar-refractivity contribution in [2.24, 2.45) is 0 Å². The third-order valence-electron chi connectivity index (χ3n) is 5.21. The predicted octanol–water partition coefficient (Wildman–Crippen LogP) is 2.91. The number of nitrogens with one attached hydrogen (secondary N) is 2. The van der Waals surface area contributed by atoms with Crippen LogP contribution >= 0.6 is 0 Å². The highest BCUT2D eigenvalue weighted by molar-refractivity contribution is 5.77. The molecule has 1 aliphatic rings. The molecule has 1 heterocycles. The van der Waals surface area contributed by atoms with Crippen molar-refractivity contribution in [2.45, 2.75) is 64.0 Å². The van der Waals surface area contributed by atoms with Gasteiger partial charge in [-0.2, -0.15) is 5.10 Å². The number of hydrogen-bond acceptors (Lipinski definition) is 3. The van der Waals surface area contributed by atoms with Gasteiger partial charge < -0.3 is 10.4 Å². The predicted molar refractivity (Wildman–Crippen MR) is 97.3 cm³/mol. The molecule has 6 heteroatoms. The SMILES string of the molecule is Cc1n[nH]c(C)c1C(C)CC(=O)NC1CC(O)(Cc2cccc(F)c2)C1. The normalized spacial score (nSPS) is 23.3. The van der Waals surface area contributed by atoms with Gasteiger partial charge in [0.2, 0.25) is 5.91 Å². The fourth-order valence-electron chi connectivity index (χ4n) is 4.08. The van der Waals surface area contributed by atoms with Gasteiger partial charge in [0.05, 0.1) is 11.3 Å². The van der Waals surface area contributed by atoms with Crippen molar-refractivity contribution in [1.82, 2.24) is 15.5 Å². The molecule has 1 fully saturated rings. The van der Waals surface area contributed by atoms with E-state index >= 15 is 0 Å². The number of carbonyl (C=O) groups is 1. The van der Waals surface area contributed by atoms with Gasteiger partial charge in [-0.25, -0.2) is 4.39 Å². The van der Waals surface area contributed by atoms with E-state index in [1.54, 1.807) is 6.07 Å². The fraction of sp³-hybridized carbons (Fsp3) is 0.500. The lowest BCUT2D eigenvalue weighted by molar-refractivity contribution is -0.125. The Balaban J connectivity index is 1.48. The lowest BCUT2D eigenvalue weighted by atomic mass is 9.72. The number of amides is 1. The number of aromatic nitrogens is 2. The Kier molecular flexibility index (Phi) is 5.14. The minimum atomic E-state index is -0.866. The summed E-state index contributed by atoms with van der Waals surface area (Å²) in [5, 5.41) is 20.7. The van der Waals surface area contributed by atoms with Gasteiger partial charge in [-0.3, -0.25) is 9.89 Å². The van der Waals surface area contributed by atoms with Crippen LogP contribution in [0.15, 0.2) is 24.3 Å². The van der Waals surface area contributed by atoms with Crippen molar-refractivity contribution in [2.75, 3.05) is 0 Å². The summed E-state index contributed by atoms with van der Waals surface area (Å²) < 4.78 is 13.3. The largest absolute Gasteiger partial charge is 0.389 e. The molecule has 0 radical (unpaired) electrons. The van der Waals surface area contributed by atoms with Crippen LogP contribution in [0.5, 0.6) is 0 Å². The van der Waals surface area contributed by atoms with Crippen molar-refractivity contribution in [3.05, 3.63) is 52.6 Å². The number of aryl methyl sites for hydroxylation is 2. The molecule has 1 saturated carbocycles. The second-order valence-corrected chi connectivity index (χ2v) is 7.66. The molecule has 26 heavy (non-hydrogen) atoms. The van der Waals surface area contributed by atoms with Crippen LogP contribution in [-0.2, 0) is 11.2 Å². The second kappa shape index (κ2) is 7.19. The van der Waals surface area contributed by atoms with E-state index in [9.17, 15) is 14.3 Å². The minimum absolute atomic E-state index is 0.0182. The maximum absolute atomic E-state index is 13.3. The maximum Gasteiger partial charge on any atom is 0.220 e. The van der Waals surface area contributed by atoms with Crippen LogP contribution in [0.4, 0.5) is 4.39 Å². The molecule has 3 N–H and O–H groups in total. The highest BCUT2D eigenvalue weighted by Crippen LogP contribution is 2.35. The van der Waals surface area contributed by atoms with Crippen LogP contribution in [0.25, 0.3) is 0 Å². The summed E-state index contributed by atoms with van der Waals surface area (Å²) in [4.78, 5) is 12.3. The van der Waals surface area contributed by atoms with Crippen molar-refractivity contribution in [1.29, 1.82) is 0 Å². The molecule has 0 spiro atoms. The number of carbonyl (C=O) groups excluding carboxylic acids is 1. The summed E-state index contributed by atoms with van der Waals surface area (Å²) in [6, 6.07) is 6.26. The molecule has 1 atom stereocenters. The van der Waals surface area contributed by atoms with Crippen LogP contribution < -0.4 is 5.32 Å². The molecule has 1 aromatic heterocycles. The summed E-state index contributed by atoms with van der Waals surface area (Å²) in [6.45, 7) is 5.92. The van der Waals surface area contributed by atoms with E-state index in [1.165, 1.54) is 12.1 Å².